The van der Waals surface area contributed by atoms with Crippen molar-refractivity contribution in [2.24, 2.45) is 0 Å². The van der Waals surface area contributed by atoms with Crippen molar-refractivity contribution in [3.05, 3.63) is 36.0 Å². The van der Waals surface area contributed by atoms with Crippen LogP contribution in [-0.2, 0) is 10.0 Å². The summed E-state index contributed by atoms with van der Waals surface area (Å²) in [6.45, 7) is 3.37. The van der Waals surface area contributed by atoms with Gasteiger partial charge < -0.3 is 9.15 Å². The molecule has 0 N–H and O–H groups in total. The van der Waals surface area contributed by atoms with E-state index in [1.165, 1.54) is 4.31 Å². The lowest BCUT2D eigenvalue weighted by Crippen LogP contribution is -2.37. The molecule has 0 bridgehead atoms. The topological polar surface area (TPSA) is 85.5 Å². The minimum atomic E-state index is -3.49. The smallest absolute Gasteiger partial charge is 0.243 e. The van der Waals surface area contributed by atoms with Gasteiger partial charge in [0.2, 0.25) is 21.8 Å². The normalized spacial score (nSPS) is 19.6. The Balaban J connectivity index is 1.41. The summed E-state index contributed by atoms with van der Waals surface area (Å²) in [5, 5.41) is 8.31. The maximum Gasteiger partial charge on any atom is 0.243 e. The third-order valence-electron chi connectivity index (χ3n) is 4.96. The Morgan fingerprint density at radius 3 is 2.15 bits per heavy atom. The molecule has 2 fully saturated rings. The molecule has 1 saturated carbocycles. The first-order valence-electron chi connectivity index (χ1n) is 9.14. The van der Waals surface area contributed by atoms with E-state index in [1.54, 1.807) is 24.3 Å². The molecule has 4 rings (SSSR count). The van der Waals surface area contributed by atoms with Gasteiger partial charge in [0.25, 0.3) is 0 Å². The number of hydrogen-bond donors (Lipinski definition) is 0. The fourth-order valence-electron chi connectivity index (χ4n) is 3.27. The molecule has 0 unspecified atom stereocenters. The minimum Gasteiger partial charge on any atom is -0.494 e. The van der Waals surface area contributed by atoms with Crippen molar-refractivity contribution >= 4 is 10.0 Å². The third kappa shape index (κ3) is 3.48. The molecule has 1 aromatic heterocycles. The van der Waals surface area contributed by atoms with Crippen molar-refractivity contribution < 1.29 is 17.6 Å². The Morgan fingerprint density at radius 2 is 1.62 bits per heavy atom. The molecule has 1 aromatic carbocycles. The van der Waals surface area contributed by atoms with Crippen LogP contribution in [0.1, 0.15) is 56.2 Å². The lowest BCUT2D eigenvalue weighted by Gasteiger charge is -2.29. The number of sulfonamides is 1. The van der Waals surface area contributed by atoms with Crippen LogP contribution in [0.15, 0.2) is 33.6 Å². The van der Waals surface area contributed by atoms with Gasteiger partial charge in [0.1, 0.15) is 5.75 Å². The van der Waals surface area contributed by atoms with Crippen LogP contribution in [0, 0.1) is 0 Å². The van der Waals surface area contributed by atoms with E-state index in [-0.39, 0.29) is 5.92 Å². The summed E-state index contributed by atoms with van der Waals surface area (Å²) in [7, 11) is -3.49. The Hall–Kier alpha value is -1.93. The molecule has 0 amide bonds. The Kier molecular flexibility index (Phi) is 4.71. The highest BCUT2D eigenvalue weighted by Gasteiger charge is 2.34. The van der Waals surface area contributed by atoms with Gasteiger partial charge in [-0.3, -0.25) is 0 Å². The maximum atomic E-state index is 12.8. The predicted molar refractivity (Wildman–Crippen MR) is 94.6 cm³/mol. The number of benzene rings is 1. The predicted octanol–water partition coefficient (Wildman–Crippen LogP) is 2.91. The largest absolute Gasteiger partial charge is 0.494 e. The lowest BCUT2D eigenvalue weighted by atomic mass is 9.98. The van der Waals surface area contributed by atoms with E-state index in [1.807, 2.05) is 6.92 Å². The van der Waals surface area contributed by atoms with Crippen LogP contribution in [0.3, 0.4) is 0 Å². The summed E-state index contributed by atoms with van der Waals surface area (Å²) in [5.74, 6) is 2.65. The first-order chi connectivity index (χ1) is 12.6. The number of ether oxygens (including phenoxy) is 1. The minimum absolute atomic E-state index is 0.141. The van der Waals surface area contributed by atoms with Crippen LogP contribution in [0.5, 0.6) is 5.75 Å². The van der Waals surface area contributed by atoms with E-state index in [0.717, 1.165) is 18.7 Å². The van der Waals surface area contributed by atoms with Gasteiger partial charge in [0.05, 0.1) is 11.5 Å². The number of aromatic nitrogens is 2. The molecule has 1 aliphatic carbocycles. The second-order valence-electron chi connectivity index (χ2n) is 6.84. The summed E-state index contributed by atoms with van der Waals surface area (Å²) in [6, 6.07) is 6.60. The molecule has 0 radical (unpaired) electrons. The van der Waals surface area contributed by atoms with Crippen LogP contribution >= 0.6 is 0 Å². The van der Waals surface area contributed by atoms with Crippen molar-refractivity contribution in [2.75, 3.05) is 19.7 Å². The molecule has 2 aromatic rings. The number of nitrogens with zero attached hydrogens (tertiary/aromatic N) is 3. The van der Waals surface area contributed by atoms with E-state index in [0.29, 0.717) is 55.0 Å². The second-order valence-corrected chi connectivity index (χ2v) is 8.77. The Morgan fingerprint density at radius 1 is 1.04 bits per heavy atom. The first-order valence-corrected chi connectivity index (χ1v) is 10.6. The van der Waals surface area contributed by atoms with Crippen molar-refractivity contribution in [2.45, 2.75) is 49.3 Å². The molecule has 2 heterocycles. The van der Waals surface area contributed by atoms with Crippen LogP contribution < -0.4 is 4.74 Å². The molecule has 2 aliphatic rings. The van der Waals surface area contributed by atoms with Gasteiger partial charge in [-0.15, -0.1) is 10.2 Å². The van der Waals surface area contributed by atoms with Crippen molar-refractivity contribution in [1.82, 2.24) is 14.5 Å². The molecular formula is C18H23N3O4S. The fraction of sp³-hybridized carbons (Fsp3) is 0.556. The van der Waals surface area contributed by atoms with Gasteiger partial charge in [0.15, 0.2) is 0 Å². The van der Waals surface area contributed by atoms with Gasteiger partial charge >= 0.3 is 0 Å². The highest BCUT2D eigenvalue weighted by molar-refractivity contribution is 7.89. The summed E-state index contributed by atoms with van der Waals surface area (Å²) >= 11 is 0. The monoisotopic (exact) mass is 377 g/mol. The highest BCUT2D eigenvalue weighted by atomic mass is 32.2. The second kappa shape index (κ2) is 7.00. The van der Waals surface area contributed by atoms with Crippen LogP contribution in [0.25, 0.3) is 0 Å². The number of hydrogen-bond acceptors (Lipinski definition) is 6. The van der Waals surface area contributed by atoms with Crippen molar-refractivity contribution in [1.29, 1.82) is 0 Å². The van der Waals surface area contributed by atoms with E-state index in [9.17, 15) is 8.42 Å². The zero-order valence-corrected chi connectivity index (χ0v) is 15.6. The number of piperidine rings is 1. The molecule has 26 heavy (non-hydrogen) atoms. The van der Waals surface area contributed by atoms with E-state index in [2.05, 4.69) is 10.2 Å². The lowest BCUT2D eigenvalue weighted by molar-refractivity contribution is 0.286. The average molecular weight is 377 g/mol. The zero-order chi connectivity index (χ0) is 18.1. The molecule has 140 valence electrons. The zero-order valence-electron chi connectivity index (χ0n) is 14.8. The fourth-order valence-corrected chi connectivity index (χ4v) is 4.74. The summed E-state index contributed by atoms with van der Waals surface area (Å²) in [5.41, 5.74) is 0. The highest BCUT2D eigenvalue weighted by Crippen LogP contribution is 2.40. The SMILES string of the molecule is CCOc1ccc(S(=O)(=O)N2CCC(c3nnc(C4CC4)o3)CC2)cc1. The summed E-state index contributed by atoms with van der Waals surface area (Å²) < 4.78 is 38.4. The summed E-state index contributed by atoms with van der Waals surface area (Å²) in [6.07, 6.45) is 3.64. The molecule has 0 atom stereocenters. The van der Waals surface area contributed by atoms with E-state index in [4.69, 9.17) is 9.15 Å². The third-order valence-corrected chi connectivity index (χ3v) is 6.87. The molecule has 1 saturated heterocycles. The molecular weight excluding hydrogens is 354 g/mol. The standard InChI is InChI=1S/C18H23N3O4S/c1-2-24-15-5-7-16(8-6-15)26(22,23)21-11-9-14(10-12-21)18-20-19-17(25-18)13-3-4-13/h5-8,13-14H,2-4,9-12H2,1H3. The van der Waals surface area contributed by atoms with Crippen molar-refractivity contribution in [3.8, 4) is 5.75 Å². The van der Waals surface area contributed by atoms with Gasteiger partial charge in [0, 0.05) is 24.9 Å². The Bertz CT molecular complexity index is 851. The van der Waals surface area contributed by atoms with Gasteiger partial charge in [-0.1, -0.05) is 0 Å². The van der Waals surface area contributed by atoms with Gasteiger partial charge in [-0.25, -0.2) is 8.42 Å². The Labute approximate surface area is 153 Å². The van der Waals surface area contributed by atoms with Gasteiger partial charge in [-0.2, -0.15) is 4.31 Å². The summed E-state index contributed by atoms with van der Waals surface area (Å²) in [4.78, 5) is 0.299. The van der Waals surface area contributed by atoms with Crippen molar-refractivity contribution in [3.63, 3.8) is 0 Å². The van der Waals surface area contributed by atoms with Crippen LogP contribution in [0.4, 0.5) is 0 Å². The first kappa shape index (κ1) is 17.5. The molecule has 0 spiro atoms. The quantitative estimate of drug-likeness (QED) is 0.769. The van der Waals surface area contributed by atoms with E-state index < -0.39 is 10.0 Å². The molecule has 1 aliphatic heterocycles. The average Bonchev–Trinajstić information content (AvgIpc) is 3.39. The van der Waals surface area contributed by atoms with Crippen LogP contribution in [-0.4, -0.2) is 42.6 Å². The molecule has 7 nitrogen and oxygen atoms in total. The van der Waals surface area contributed by atoms with Crippen LogP contribution in [0.2, 0.25) is 0 Å². The van der Waals surface area contributed by atoms with Gasteiger partial charge in [-0.05, 0) is 56.9 Å². The molecule has 8 heteroatoms. The van der Waals surface area contributed by atoms with E-state index >= 15 is 0 Å². The maximum absolute atomic E-state index is 12.8. The number of rotatable bonds is 6.